The second kappa shape index (κ2) is 9.78. The van der Waals surface area contributed by atoms with Crippen molar-refractivity contribution in [2.45, 2.75) is 0 Å². The highest BCUT2D eigenvalue weighted by Gasteiger charge is 2.23. The Kier molecular flexibility index (Phi) is 6.64. The molecule has 1 saturated heterocycles. The van der Waals surface area contributed by atoms with Crippen LogP contribution < -0.4 is 20.3 Å². The van der Waals surface area contributed by atoms with Crippen molar-refractivity contribution in [1.82, 2.24) is 20.7 Å². The maximum Gasteiger partial charge on any atom is 0.270 e. The van der Waals surface area contributed by atoms with Gasteiger partial charge in [0.1, 0.15) is 6.54 Å². The Morgan fingerprint density at radius 2 is 1.85 bits per heavy atom. The summed E-state index contributed by atoms with van der Waals surface area (Å²) in [6, 6.07) is 14.3. The van der Waals surface area contributed by atoms with E-state index in [4.69, 9.17) is 9.47 Å². The number of hydrogen-bond donors (Lipinski definition) is 2. The molecule has 33 heavy (non-hydrogen) atoms. The molecule has 0 atom stereocenters. The Balaban J connectivity index is 1.59. The van der Waals surface area contributed by atoms with Crippen LogP contribution in [0.1, 0.15) is 10.4 Å². The number of pyridine rings is 1. The fraction of sp³-hybridized carbons (Fsp3) is 0.217. The third-order valence-corrected chi connectivity index (χ3v) is 6.06. The third-order valence-electron chi connectivity index (χ3n) is 5.12. The van der Waals surface area contributed by atoms with Gasteiger partial charge in [0, 0.05) is 10.9 Å². The molecule has 3 amide bonds. The first-order chi connectivity index (χ1) is 16.0. The minimum atomic E-state index is -0.495. The van der Waals surface area contributed by atoms with Crippen LogP contribution in [0, 0.1) is 0 Å². The van der Waals surface area contributed by atoms with Gasteiger partial charge in [-0.25, -0.2) is 4.98 Å². The predicted octanol–water partition coefficient (Wildman–Crippen LogP) is 2.21. The van der Waals surface area contributed by atoms with Crippen molar-refractivity contribution in [2.24, 2.45) is 0 Å². The first-order valence-electron chi connectivity index (χ1n) is 10.1. The van der Waals surface area contributed by atoms with E-state index >= 15 is 0 Å². The molecular formula is C23H22N4O5S. The highest BCUT2D eigenvalue weighted by atomic mass is 32.2. The maximum absolute atomic E-state index is 13.0. The van der Waals surface area contributed by atoms with E-state index in [1.54, 1.807) is 38.5 Å². The number of thioether (sulfide) groups is 1. The van der Waals surface area contributed by atoms with Crippen molar-refractivity contribution in [2.75, 3.05) is 32.4 Å². The van der Waals surface area contributed by atoms with E-state index in [1.807, 2.05) is 24.3 Å². The van der Waals surface area contributed by atoms with Crippen LogP contribution in [-0.4, -0.2) is 60.0 Å². The molecule has 0 spiro atoms. The highest BCUT2D eigenvalue weighted by molar-refractivity contribution is 8.00. The molecule has 1 aliphatic rings. The van der Waals surface area contributed by atoms with Crippen molar-refractivity contribution in [1.29, 1.82) is 0 Å². The van der Waals surface area contributed by atoms with Crippen LogP contribution in [0.4, 0.5) is 0 Å². The molecule has 1 aliphatic heterocycles. The lowest BCUT2D eigenvalue weighted by atomic mass is 10.0. The molecule has 10 heteroatoms. The van der Waals surface area contributed by atoms with Gasteiger partial charge in [-0.2, -0.15) is 0 Å². The van der Waals surface area contributed by atoms with Gasteiger partial charge in [0.2, 0.25) is 5.91 Å². The molecule has 2 N–H and O–H groups in total. The van der Waals surface area contributed by atoms with Gasteiger partial charge in [0.25, 0.3) is 11.8 Å². The number of para-hydroxylation sites is 1. The lowest BCUT2D eigenvalue weighted by molar-refractivity contribution is -0.132. The molecule has 0 unspecified atom stereocenters. The number of amides is 3. The monoisotopic (exact) mass is 466 g/mol. The van der Waals surface area contributed by atoms with Gasteiger partial charge in [-0.15, -0.1) is 11.8 Å². The highest BCUT2D eigenvalue weighted by Crippen LogP contribution is 2.33. The van der Waals surface area contributed by atoms with Crippen LogP contribution in [0.25, 0.3) is 22.2 Å². The number of carbonyl (C=O) groups excluding carboxylic acids is 3. The molecule has 9 nitrogen and oxygen atoms in total. The summed E-state index contributed by atoms with van der Waals surface area (Å²) in [6.07, 6.45) is 0. The Morgan fingerprint density at radius 1 is 1.06 bits per heavy atom. The number of aromatic nitrogens is 1. The van der Waals surface area contributed by atoms with E-state index in [9.17, 15) is 14.4 Å². The van der Waals surface area contributed by atoms with E-state index in [-0.39, 0.29) is 12.5 Å². The number of nitrogens with zero attached hydrogens (tertiary/aromatic N) is 2. The number of hydrazine groups is 1. The minimum Gasteiger partial charge on any atom is -0.493 e. The van der Waals surface area contributed by atoms with Gasteiger partial charge in [-0.05, 0) is 30.3 Å². The zero-order valence-electron chi connectivity index (χ0n) is 18.1. The van der Waals surface area contributed by atoms with Gasteiger partial charge < -0.3 is 14.4 Å². The average molecular weight is 467 g/mol. The van der Waals surface area contributed by atoms with Gasteiger partial charge in [-0.3, -0.25) is 25.2 Å². The number of methoxy groups -OCH3 is 2. The zero-order valence-corrected chi connectivity index (χ0v) is 18.9. The molecule has 0 bridgehead atoms. The molecule has 2 aromatic carbocycles. The van der Waals surface area contributed by atoms with Crippen LogP contribution in [0.15, 0.2) is 48.5 Å². The minimum absolute atomic E-state index is 0.0961. The summed E-state index contributed by atoms with van der Waals surface area (Å²) in [7, 11) is 3.10. The second-order valence-corrected chi connectivity index (χ2v) is 8.17. The first kappa shape index (κ1) is 22.4. The van der Waals surface area contributed by atoms with Gasteiger partial charge in [0.15, 0.2) is 11.5 Å². The largest absolute Gasteiger partial charge is 0.493 e. The molecule has 3 aromatic rings. The lowest BCUT2D eigenvalue weighted by Crippen LogP contribution is -2.46. The van der Waals surface area contributed by atoms with Crippen molar-refractivity contribution in [3.8, 4) is 22.8 Å². The fourth-order valence-corrected chi connectivity index (χ4v) is 4.36. The lowest BCUT2D eigenvalue weighted by Gasteiger charge is -2.15. The number of hydrogen-bond acceptors (Lipinski definition) is 7. The summed E-state index contributed by atoms with van der Waals surface area (Å²) >= 11 is 1.44. The van der Waals surface area contributed by atoms with E-state index in [0.29, 0.717) is 45.3 Å². The summed E-state index contributed by atoms with van der Waals surface area (Å²) < 4.78 is 10.7. The zero-order chi connectivity index (χ0) is 23.4. The summed E-state index contributed by atoms with van der Waals surface area (Å²) in [5.74, 6) is 0.880. The number of nitrogens with one attached hydrogen (secondary N) is 2. The van der Waals surface area contributed by atoms with E-state index in [0.717, 1.165) is 5.56 Å². The SMILES string of the molecule is COc1ccc(-c2cc(C(=O)NNC(=O)CN3CSCC3=O)c3ccccc3n2)cc1OC. The number of carbonyl (C=O) groups is 3. The molecule has 1 fully saturated rings. The summed E-state index contributed by atoms with van der Waals surface area (Å²) in [5.41, 5.74) is 7.10. The molecule has 1 aromatic heterocycles. The first-order valence-corrected chi connectivity index (χ1v) is 11.2. The van der Waals surface area contributed by atoms with Crippen molar-refractivity contribution in [3.63, 3.8) is 0 Å². The van der Waals surface area contributed by atoms with Crippen LogP contribution in [-0.2, 0) is 9.59 Å². The Labute approximate surface area is 194 Å². The number of fused-ring (bicyclic) bond motifs is 1. The van der Waals surface area contributed by atoms with Gasteiger partial charge in [-0.1, -0.05) is 18.2 Å². The van der Waals surface area contributed by atoms with Crippen molar-refractivity contribution >= 4 is 40.4 Å². The van der Waals surface area contributed by atoms with Crippen LogP contribution in [0.5, 0.6) is 11.5 Å². The standard InChI is InChI=1S/C23H22N4O5S/c1-31-19-8-7-14(9-20(19)32-2)18-10-16(15-5-3-4-6-17(15)24-18)23(30)26-25-21(28)11-27-13-33-12-22(27)29/h3-10H,11-13H2,1-2H3,(H,25,28)(H,26,30). The van der Waals surface area contributed by atoms with Gasteiger partial charge >= 0.3 is 0 Å². The molecule has 2 heterocycles. The third kappa shape index (κ3) is 4.85. The van der Waals surface area contributed by atoms with Crippen molar-refractivity contribution < 1.29 is 23.9 Å². The molecule has 4 rings (SSSR count). The summed E-state index contributed by atoms with van der Waals surface area (Å²) in [4.78, 5) is 43.0. The number of rotatable bonds is 6. The second-order valence-electron chi connectivity index (χ2n) is 7.21. The maximum atomic E-state index is 13.0. The molecule has 0 radical (unpaired) electrons. The fourth-order valence-electron chi connectivity index (χ4n) is 3.45. The molecular weight excluding hydrogens is 444 g/mol. The van der Waals surface area contributed by atoms with E-state index in [2.05, 4.69) is 15.8 Å². The summed E-state index contributed by atoms with van der Waals surface area (Å²) in [5, 5.41) is 0.639. The average Bonchev–Trinajstić information content (AvgIpc) is 3.25. The predicted molar refractivity (Wildman–Crippen MR) is 125 cm³/mol. The Hall–Kier alpha value is -3.79. The smallest absolute Gasteiger partial charge is 0.270 e. The van der Waals surface area contributed by atoms with E-state index < -0.39 is 11.8 Å². The van der Waals surface area contributed by atoms with Crippen LogP contribution in [0.3, 0.4) is 0 Å². The Bertz CT molecular complexity index is 1230. The summed E-state index contributed by atoms with van der Waals surface area (Å²) in [6.45, 7) is -0.111. The number of ether oxygens (including phenoxy) is 2. The van der Waals surface area contributed by atoms with E-state index in [1.165, 1.54) is 16.7 Å². The van der Waals surface area contributed by atoms with Crippen molar-refractivity contribution in [3.05, 3.63) is 54.1 Å². The quantitative estimate of drug-likeness (QED) is 0.536. The topological polar surface area (TPSA) is 110 Å². The normalized spacial score (nSPS) is 13.2. The number of benzene rings is 2. The van der Waals surface area contributed by atoms with Crippen LogP contribution in [0.2, 0.25) is 0 Å². The van der Waals surface area contributed by atoms with Crippen LogP contribution >= 0.6 is 11.8 Å². The molecule has 0 aliphatic carbocycles. The Morgan fingerprint density at radius 3 is 2.58 bits per heavy atom. The molecule has 170 valence electrons. The molecule has 0 saturated carbocycles. The van der Waals surface area contributed by atoms with Gasteiger partial charge in [0.05, 0.1) is 42.6 Å².